The molecule has 3 nitrogen and oxygen atoms in total. The van der Waals surface area contributed by atoms with Crippen molar-refractivity contribution in [2.75, 3.05) is 0 Å². The zero-order chi connectivity index (χ0) is 13.8. The average Bonchev–Trinajstić information content (AvgIpc) is 2.37. The summed E-state index contributed by atoms with van der Waals surface area (Å²) in [5.41, 5.74) is 0.404. The topological polar surface area (TPSA) is 49.3 Å². The van der Waals surface area contributed by atoms with Crippen molar-refractivity contribution >= 4 is 29.1 Å². The van der Waals surface area contributed by atoms with Gasteiger partial charge in [-0.3, -0.25) is 4.79 Å². The Labute approximate surface area is 122 Å². The number of hydrogen-bond acceptors (Lipinski definition) is 2. The van der Waals surface area contributed by atoms with E-state index in [1.54, 1.807) is 18.2 Å². The summed E-state index contributed by atoms with van der Waals surface area (Å²) in [7, 11) is 0. The first kappa shape index (κ1) is 14.4. The monoisotopic (exact) mass is 299 g/mol. The van der Waals surface area contributed by atoms with Gasteiger partial charge in [-0.2, -0.15) is 0 Å². The second-order valence-electron chi connectivity index (χ2n) is 4.60. The van der Waals surface area contributed by atoms with Gasteiger partial charge in [0.05, 0.1) is 0 Å². The largest absolute Gasteiger partial charge is 0.378 e. The highest BCUT2D eigenvalue weighted by Crippen LogP contribution is 2.24. The normalized spacial score (nSPS) is 20.1. The first-order chi connectivity index (χ1) is 9.06. The summed E-state index contributed by atoms with van der Waals surface area (Å²) in [6.45, 7) is 0. The molecule has 0 bridgehead atoms. The molecule has 1 amide bonds. The van der Waals surface area contributed by atoms with Crippen molar-refractivity contribution in [1.29, 1.82) is 0 Å². The quantitative estimate of drug-likeness (QED) is 0.842. The van der Waals surface area contributed by atoms with Crippen molar-refractivity contribution in [2.24, 2.45) is 0 Å². The first-order valence-electron chi connectivity index (χ1n) is 6.15. The van der Waals surface area contributed by atoms with Gasteiger partial charge in [0.1, 0.15) is 0 Å². The Balaban J connectivity index is 2.03. The van der Waals surface area contributed by atoms with E-state index in [0.717, 1.165) is 19.3 Å². The zero-order valence-corrected chi connectivity index (χ0v) is 11.8. The summed E-state index contributed by atoms with van der Waals surface area (Å²) < 4.78 is 0. The molecule has 1 aliphatic rings. The molecule has 0 saturated carbocycles. The molecule has 0 aliphatic heterocycles. The van der Waals surface area contributed by atoms with E-state index in [2.05, 4.69) is 11.4 Å². The van der Waals surface area contributed by atoms with Gasteiger partial charge < -0.3 is 10.4 Å². The summed E-state index contributed by atoms with van der Waals surface area (Å²) in [4.78, 5) is 12.0. The number of halogens is 2. The zero-order valence-electron chi connectivity index (χ0n) is 10.3. The molecule has 0 fully saturated rings. The number of benzene rings is 1. The van der Waals surface area contributed by atoms with Crippen LogP contribution >= 0.6 is 23.2 Å². The maximum atomic E-state index is 12.0. The molecule has 0 saturated heterocycles. The Morgan fingerprint density at radius 2 is 1.95 bits per heavy atom. The van der Waals surface area contributed by atoms with Crippen molar-refractivity contribution in [3.63, 3.8) is 0 Å². The van der Waals surface area contributed by atoms with E-state index in [4.69, 9.17) is 23.2 Å². The smallest absolute Gasteiger partial charge is 0.253 e. The Hall–Kier alpha value is -1.03. The Bertz CT molecular complexity index is 482. The van der Waals surface area contributed by atoms with Gasteiger partial charge >= 0.3 is 0 Å². The predicted molar refractivity (Wildman–Crippen MR) is 76.3 cm³/mol. The SMILES string of the molecule is O=C(NC1CC=CCC1)C(O)c1cc(Cl)cc(Cl)c1. The lowest BCUT2D eigenvalue weighted by atomic mass is 10.0. The van der Waals surface area contributed by atoms with Crippen molar-refractivity contribution < 1.29 is 9.90 Å². The van der Waals surface area contributed by atoms with Crippen LogP contribution in [0.15, 0.2) is 30.4 Å². The molecule has 2 N–H and O–H groups in total. The third-order valence-electron chi connectivity index (χ3n) is 3.06. The van der Waals surface area contributed by atoms with Crippen molar-refractivity contribution in [1.82, 2.24) is 5.32 Å². The van der Waals surface area contributed by atoms with Gasteiger partial charge in [-0.1, -0.05) is 35.4 Å². The summed E-state index contributed by atoms with van der Waals surface area (Å²) in [5.74, 6) is -0.418. The number of carbonyl (C=O) groups is 1. The number of carbonyl (C=O) groups excluding carboxylic acids is 1. The molecule has 0 heterocycles. The van der Waals surface area contributed by atoms with E-state index in [1.165, 1.54) is 0 Å². The highest BCUT2D eigenvalue weighted by molar-refractivity contribution is 6.34. The van der Waals surface area contributed by atoms with E-state index in [1.807, 2.05) is 6.08 Å². The van der Waals surface area contributed by atoms with Crippen LogP contribution in [0.4, 0.5) is 0 Å². The highest BCUT2D eigenvalue weighted by Gasteiger charge is 2.21. The molecule has 0 radical (unpaired) electrons. The summed E-state index contributed by atoms with van der Waals surface area (Å²) in [6, 6.07) is 4.72. The standard InChI is InChI=1S/C14H15Cl2NO2/c15-10-6-9(7-11(16)8-10)13(18)14(19)17-12-4-2-1-3-5-12/h1-2,6-8,12-13,18H,3-5H2,(H,17,19). The number of allylic oxidation sites excluding steroid dienone is 1. The molecule has 1 aliphatic carbocycles. The number of hydrogen-bond donors (Lipinski definition) is 2. The highest BCUT2D eigenvalue weighted by atomic mass is 35.5. The third-order valence-corrected chi connectivity index (χ3v) is 3.50. The molecule has 5 heteroatoms. The van der Waals surface area contributed by atoms with Crippen molar-refractivity contribution in [3.05, 3.63) is 46.0 Å². The number of rotatable bonds is 3. The molecule has 2 unspecified atom stereocenters. The minimum Gasteiger partial charge on any atom is -0.378 e. The first-order valence-corrected chi connectivity index (χ1v) is 6.91. The Kier molecular flexibility index (Phi) is 4.86. The fourth-order valence-electron chi connectivity index (χ4n) is 2.09. The minimum absolute atomic E-state index is 0.0850. The van der Waals surface area contributed by atoms with Gasteiger partial charge in [-0.05, 0) is 43.0 Å². The maximum absolute atomic E-state index is 12.0. The third kappa shape index (κ3) is 3.96. The van der Waals surface area contributed by atoms with Crippen LogP contribution in [-0.4, -0.2) is 17.1 Å². The molecule has 1 aromatic rings. The lowest BCUT2D eigenvalue weighted by Gasteiger charge is -2.21. The van der Waals surface area contributed by atoms with E-state index < -0.39 is 12.0 Å². The van der Waals surface area contributed by atoms with Gasteiger partial charge in [-0.15, -0.1) is 0 Å². The molecule has 2 rings (SSSR count). The Morgan fingerprint density at radius 1 is 1.26 bits per heavy atom. The van der Waals surface area contributed by atoms with Gasteiger partial charge in [-0.25, -0.2) is 0 Å². The van der Waals surface area contributed by atoms with Gasteiger partial charge in [0.25, 0.3) is 5.91 Å². The van der Waals surface area contributed by atoms with E-state index >= 15 is 0 Å². The van der Waals surface area contributed by atoms with E-state index in [9.17, 15) is 9.90 Å². The molecule has 0 aromatic heterocycles. The summed E-state index contributed by atoms with van der Waals surface area (Å²) in [6.07, 6.45) is 5.53. The number of amides is 1. The van der Waals surface area contributed by atoms with Crippen LogP contribution in [0.2, 0.25) is 10.0 Å². The van der Waals surface area contributed by atoms with Crippen LogP contribution in [0.25, 0.3) is 0 Å². The van der Waals surface area contributed by atoms with Gasteiger partial charge in [0, 0.05) is 16.1 Å². The molecule has 0 spiro atoms. The number of aliphatic hydroxyl groups is 1. The van der Waals surface area contributed by atoms with Crippen LogP contribution in [0, 0.1) is 0 Å². The molecule has 19 heavy (non-hydrogen) atoms. The molecular formula is C14H15Cl2NO2. The van der Waals surface area contributed by atoms with Crippen LogP contribution < -0.4 is 5.32 Å². The van der Waals surface area contributed by atoms with Crippen molar-refractivity contribution in [2.45, 2.75) is 31.4 Å². The fourth-order valence-corrected chi connectivity index (χ4v) is 2.63. The molecule has 2 atom stereocenters. The predicted octanol–water partition coefficient (Wildman–Crippen LogP) is 3.25. The molecule has 102 valence electrons. The lowest BCUT2D eigenvalue weighted by molar-refractivity contribution is -0.130. The van der Waals surface area contributed by atoms with Crippen LogP contribution in [0.5, 0.6) is 0 Å². The number of aliphatic hydroxyl groups excluding tert-OH is 1. The second-order valence-corrected chi connectivity index (χ2v) is 5.47. The van der Waals surface area contributed by atoms with E-state index in [-0.39, 0.29) is 6.04 Å². The van der Waals surface area contributed by atoms with Crippen molar-refractivity contribution in [3.8, 4) is 0 Å². The summed E-state index contributed by atoms with van der Waals surface area (Å²) in [5, 5.41) is 13.6. The number of nitrogens with one attached hydrogen (secondary N) is 1. The maximum Gasteiger partial charge on any atom is 0.253 e. The van der Waals surface area contributed by atoms with Crippen LogP contribution in [0.3, 0.4) is 0 Å². The summed E-state index contributed by atoms with van der Waals surface area (Å²) >= 11 is 11.7. The van der Waals surface area contributed by atoms with Crippen LogP contribution in [-0.2, 0) is 4.79 Å². The molecule has 1 aromatic carbocycles. The average molecular weight is 300 g/mol. The fraction of sp³-hybridized carbons (Fsp3) is 0.357. The van der Waals surface area contributed by atoms with Gasteiger partial charge in [0.2, 0.25) is 0 Å². The minimum atomic E-state index is -1.25. The van der Waals surface area contributed by atoms with Crippen LogP contribution in [0.1, 0.15) is 30.9 Å². The van der Waals surface area contributed by atoms with Gasteiger partial charge in [0.15, 0.2) is 6.10 Å². The Morgan fingerprint density at radius 3 is 2.53 bits per heavy atom. The lowest BCUT2D eigenvalue weighted by Crippen LogP contribution is -2.38. The molecular weight excluding hydrogens is 285 g/mol. The van der Waals surface area contributed by atoms with E-state index in [0.29, 0.717) is 15.6 Å². The second kappa shape index (κ2) is 6.42.